The van der Waals surface area contributed by atoms with E-state index in [0.717, 1.165) is 6.07 Å². The van der Waals surface area contributed by atoms with Crippen molar-refractivity contribution in [3.8, 4) is 0 Å². The fourth-order valence-electron chi connectivity index (χ4n) is 1.72. The molecule has 21 heavy (non-hydrogen) atoms. The van der Waals surface area contributed by atoms with Gasteiger partial charge in [-0.2, -0.15) is 13.2 Å². The van der Waals surface area contributed by atoms with Crippen molar-refractivity contribution in [1.29, 1.82) is 0 Å². The first-order valence-electron chi connectivity index (χ1n) is 5.30. The lowest BCUT2D eigenvalue weighted by Crippen LogP contribution is -2.30. The van der Waals surface area contributed by atoms with Crippen LogP contribution in [-0.2, 0) is 6.18 Å². The summed E-state index contributed by atoms with van der Waals surface area (Å²) in [6.45, 7) is 0. The highest BCUT2D eigenvalue weighted by molar-refractivity contribution is 7.16. The molecule has 7 nitrogen and oxygen atoms in total. The molecule has 2 aromatic rings. The number of aromatic nitrogens is 1. The summed E-state index contributed by atoms with van der Waals surface area (Å²) in [6, 6.07) is 0.129. The van der Waals surface area contributed by atoms with Crippen LogP contribution in [0.25, 0.3) is 10.2 Å². The normalized spacial score (nSPS) is 11.6. The lowest BCUT2D eigenvalue weighted by atomic mass is 10.1. The number of rotatable bonds is 1. The van der Waals surface area contributed by atoms with Crippen LogP contribution in [0.2, 0.25) is 0 Å². The van der Waals surface area contributed by atoms with Crippen LogP contribution in [0.5, 0.6) is 0 Å². The predicted molar refractivity (Wildman–Crippen MR) is 67.6 cm³/mol. The van der Waals surface area contributed by atoms with Gasteiger partial charge in [-0.1, -0.05) is 11.3 Å². The Balaban J connectivity index is 2.96. The molecule has 0 aliphatic rings. The highest BCUT2D eigenvalue weighted by atomic mass is 32.1. The van der Waals surface area contributed by atoms with Crippen molar-refractivity contribution in [2.24, 2.45) is 0 Å². The van der Waals surface area contributed by atoms with Crippen LogP contribution in [0.3, 0.4) is 0 Å². The van der Waals surface area contributed by atoms with Gasteiger partial charge in [-0.3, -0.25) is 14.9 Å². The molecule has 11 heteroatoms. The van der Waals surface area contributed by atoms with Gasteiger partial charge in [0, 0.05) is 19.2 Å². The molecule has 1 amide bonds. The van der Waals surface area contributed by atoms with Gasteiger partial charge in [0.1, 0.15) is 0 Å². The monoisotopic (exact) mass is 321 g/mol. The maximum absolute atomic E-state index is 13.0. The number of hydrogen-bond donors (Lipinski definition) is 1. The van der Waals surface area contributed by atoms with Crippen molar-refractivity contribution in [3.63, 3.8) is 0 Å². The second kappa shape index (κ2) is 4.84. The fraction of sp³-hybridized carbons (Fsp3) is 0.200. The Morgan fingerprint density at radius 2 is 2.05 bits per heavy atom. The Kier molecular flexibility index (Phi) is 3.45. The number of alkyl halides is 3. The minimum atomic E-state index is -4.89. The minimum absolute atomic E-state index is 0.200. The van der Waals surface area contributed by atoms with Crippen LogP contribution < -0.4 is 10.2 Å². The molecule has 0 aliphatic carbocycles. The van der Waals surface area contributed by atoms with Gasteiger partial charge in [0.15, 0.2) is 0 Å². The van der Waals surface area contributed by atoms with E-state index >= 15 is 0 Å². The third-order valence-electron chi connectivity index (χ3n) is 2.60. The Morgan fingerprint density at radius 3 is 2.52 bits per heavy atom. The summed E-state index contributed by atoms with van der Waals surface area (Å²) in [5, 5.41) is 12.8. The molecule has 0 saturated heterocycles. The van der Waals surface area contributed by atoms with Crippen molar-refractivity contribution in [2.75, 3.05) is 7.05 Å². The van der Waals surface area contributed by atoms with Gasteiger partial charge >= 0.3 is 17.1 Å². The lowest BCUT2D eigenvalue weighted by molar-refractivity contribution is -0.385. The topological polar surface area (TPSA) is 94.2 Å². The Morgan fingerprint density at radius 1 is 1.43 bits per heavy atom. The van der Waals surface area contributed by atoms with E-state index < -0.39 is 43.5 Å². The molecule has 112 valence electrons. The van der Waals surface area contributed by atoms with E-state index in [1.165, 1.54) is 7.05 Å². The summed E-state index contributed by atoms with van der Waals surface area (Å²) in [5.74, 6) is 0. The smallest absolute Gasteiger partial charge is 0.340 e. The molecule has 0 aliphatic heterocycles. The highest BCUT2D eigenvalue weighted by Crippen LogP contribution is 2.38. The summed E-state index contributed by atoms with van der Waals surface area (Å²) in [7, 11) is 1.18. The lowest BCUT2D eigenvalue weighted by Gasteiger charge is -2.08. The molecule has 0 unspecified atom stereocenters. The van der Waals surface area contributed by atoms with E-state index in [1.54, 1.807) is 0 Å². The molecule has 0 saturated carbocycles. The molecule has 0 radical (unpaired) electrons. The first kappa shape index (κ1) is 15.0. The number of amides is 1. The molecular formula is C10H6F3N3O4S. The maximum Gasteiger partial charge on any atom is 0.418 e. The number of nitrogens with zero attached hydrogens (tertiary/aromatic N) is 2. The number of thiazole rings is 1. The number of non-ortho nitro benzene ring substituents is 1. The van der Waals surface area contributed by atoms with Gasteiger partial charge in [-0.05, 0) is 0 Å². The zero-order valence-electron chi connectivity index (χ0n) is 10.2. The van der Waals surface area contributed by atoms with Crippen LogP contribution in [0.4, 0.5) is 23.7 Å². The van der Waals surface area contributed by atoms with Gasteiger partial charge in [0.25, 0.3) is 5.69 Å². The number of carbonyl (C=O) groups is 1. The van der Waals surface area contributed by atoms with Crippen molar-refractivity contribution >= 4 is 33.3 Å². The van der Waals surface area contributed by atoms with Gasteiger partial charge < -0.3 is 5.32 Å². The molecule has 1 aromatic carbocycles. The summed E-state index contributed by atoms with van der Waals surface area (Å²) < 4.78 is 38.8. The zero-order chi connectivity index (χ0) is 15.9. The standard InChI is InChI=1S/C10H6F3N3O4S/c1-14-8(17)15-6-3-4(16(19)20)2-5(10(11,12)13)7(6)21-9(15)18/h2-3H,1H3,(H,14,17). The number of halogens is 3. The Hall–Kier alpha value is -2.43. The van der Waals surface area contributed by atoms with Gasteiger partial charge in [0.2, 0.25) is 0 Å². The molecule has 0 atom stereocenters. The Bertz CT molecular complexity index is 808. The van der Waals surface area contributed by atoms with Crippen molar-refractivity contribution < 1.29 is 22.9 Å². The fourth-order valence-corrected chi connectivity index (χ4v) is 2.71. The molecule has 1 N–H and O–H groups in total. The third-order valence-corrected chi connectivity index (χ3v) is 3.59. The Labute approximate surface area is 117 Å². The van der Waals surface area contributed by atoms with E-state index in [1.807, 2.05) is 0 Å². The molecule has 1 heterocycles. The van der Waals surface area contributed by atoms with Gasteiger partial charge in [-0.15, -0.1) is 0 Å². The molecule has 1 aromatic heterocycles. The average Bonchev–Trinajstić information content (AvgIpc) is 2.71. The number of carbonyl (C=O) groups excluding carboxylic acids is 1. The number of nitro groups is 1. The molecule has 0 fully saturated rings. The molecule has 2 rings (SSSR count). The summed E-state index contributed by atoms with van der Waals surface area (Å²) in [6.07, 6.45) is -4.89. The minimum Gasteiger partial charge on any atom is -0.340 e. The van der Waals surface area contributed by atoms with Crippen molar-refractivity contribution in [2.45, 2.75) is 6.18 Å². The van der Waals surface area contributed by atoms with Crippen LogP contribution in [0, 0.1) is 10.1 Å². The van der Waals surface area contributed by atoms with E-state index in [4.69, 9.17) is 0 Å². The zero-order valence-corrected chi connectivity index (χ0v) is 11.0. The van der Waals surface area contributed by atoms with Crippen LogP contribution in [0.1, 0.15) is 5.56 Å². The van der Waals surface area contributed by atoms with E-state index in [2.05, 4.69) is 5.32 Å². The van der Waals surface area contributed by atoms with Crippen LogP contribution in [-0.4, -0.2) is 22.6 Å². The van der Waals surface area contributed by atoms with E-state index in [-0.39, 0.29) is 11.3 Å². The number of fused-ring (bicyclic) bond motifs is 1. The van der Waals surface area contributed by atoms with Gasteiger partial charge in [-0.25, -0.2) is 9.36 Å². The second-order valence-corrected chi connectivity index (χ2v) is 4.82. The molecule has 0 spiro atoms. The summed E-state index contributed by atoms with van der Waals surface area (Å²) in [4.78, 5) is 32.0. The predicted octanol–water partition coefficient (Wildman–Crippen LogP) is 2.18. The number of nitrogens with one attached hydrogen (secondary N) is 1. The third kappa shape index (κ3) is 2.46. The van der Waals surface area contributed by atoms with Crippen molar-refractivity contribution in [3.05, 3.63) is 37.5 Å². The first-order valence-corrected chi connectivity index (χ1v) is 6.11. The van der Waals surface area contributed by atoms with Crippen LogP contribution >= 0.6 is 11.3 Å². The first-order chi connectivity index (χ1) is 9.66. The molecule has 0 bridgehead atoms. The summed E-state index contributed by atoms with van der Waals surface area (Å²) >= 11 is 0.200. The number of benzene rings is 1. The van der Waals surface area contributed by atoms with E-state index in [9.17, 15) is 32.9 Å². The SMILES string of the molecule is CNC(=O)n1c(=O)sc2c(C(F)(F)F)cc([N+](=O)[O-])cc21. The van der Waals surface area contributed by atoms with Gasteiger partial charge in [0.05, 0.1) is 20.7 Å². The summed E-state index contributed by atoms with van der Waals surface area (Å²) in [5.41, 5.74) is -2.63. The second-order valence-electron chi connectivity index (χ2n) is 3.85. The van der Waals surface area contributed by atoms with Crippen molar-refractivity contribution in [1.82, 2.24) is 9.88 Å². The quantitative estimate of drug-likeness (QED) is 0.643. The number of hydrogen-bond acceptors (Lipinski definition) is 5. The van der Waals surface area contributed by atoms with Crippen LogP contribution in [0.15, 0.2) is 16.9 Å². The largest absolute Gasteiger partial charge is 0.418 e. The highest BCUT2D eigenvalue weighted by Gasteiger charge is 2.36. The molecular weight excluding hydrogens is 315 g/mol. The van der Waals surface area contributed by atoms with E-state index in [0.29, 0.717) is 10.6 Å². The average molecular weight is 321 g/mol. The number of nitro benzene ring substituents is 1. The maximum atomic E-state index is 13.0.